The predicted molar refractivity (Wildman–Crippen MR) is 120 cm³/mol. The molecule has 6 heteroatoms. The van der Waals surface area contributed by atoms with Gasteiger partial charge in [0, 0.05) is 33.5 Å². The normalized spacial score (nSPS) is 11.3. The molecular formula is C24H18N2O3S. The van der Waals surface area contributed by atoms with Crippen LogP contribution in [0.2, 0.25) is 0 Å². The van der Waals surface area contributed by atoms with E-state index in [0.717, 1.165) is 33.0 Å². The molecule has 0 aliphatic carbocycles. The number of rotatable bonds is 4. The van der Waals surface area contributed by atoms with E-state index >= 15 is 0 Å². The second-order valence-corrected chi connectivity index (χ2v) is 7.93. The Labute approximate surface area is 176 Å². The molecule has 0 radical (unpaired) electrons. The molecule has 30 heavy (non-hydrogen) atoms. The van der Waals surface area contributed by atoms with Crippen molar-refractivity contribution in [1.82, 2.24) is 4.98 Å². The number of nitrogens with zero attached hydrogens (tertiary/aromatic N) is 1. The SMILES string of the molecule is Cc1ccc(-c2csc(NC(=O)c3cc4ccccc4o3)c2CO)c2cccnc12. The minimum atomic E-state index is -0.343. The maximum atomic E-state index is 12.8. The van der Waals surface area contributed by atoms with Crippen LogP contribution in [-0.4, -0.2) is 16.0 Å². The van der Waals surface area contributed by atoms with Gasteiger partial charge in [0.05, 0.1) is 12.1 Å². The number of hydrogen-bond acceptors (Lipinski definition) is 5. The lowest BCUT2D eigenvalue weighted by Crippen LogP contribution is -2.11. The minimum absolute atomic E-state index is 0.190. The maximum Gasteiger partial charge on any atom is 0.292 e. The highest BCUT2D eigenvalue weighted by Crippen LogP contribution is 2.39. The van der Waals surface area contributed by atoms with E-state index in [2.05, 4.69) is 10.3 Å². The number of nitrogens with one attached hydrogen (secondary N) is 1. The number of aliphatic hydroxyl groups excluding tert-OH is 1. The summed E-state index contributed by atoms with van der Waals surface area (Å²) in [4.78, 5) is 17.3. The van der Waals surface area contributed by atoms with Crippen molar-refractivity contribution in [3.05, 3.63) is 83.1 Å². The summed E-state index contributed by atoms with van der Waals surface area (Å²) in [6, 6.07) is 17.2. The van der Waals surface area contributed by atoms with Crippen molar-refractivity contribution in [2.75, 3.05) is 5.32 Å². The lowest BCUT2D eigenvalue weighted by molar-refractivity contribution is 0.0999. The molecule has 5 rings (SSSR count). The number of furan rings is 1. The van der Waals surface area contributed by atoms with Gasteiger partial charge in [0.1, 0.15) is 10.6 Å². The molecule has 2 N–H and O–H groups in total. The van der Waals surface area contributed by atoms with E-state index in [0.29, 0.717) is 16.1 Å². The average Bonchev–Trinajstić information content (AvgIpc) is 3.38. The van der Waals surface area contributed by atoms with Gasteiger partial charge in [-0.3, -0.25) is 9.78 Å². The van der Waals surface area contributed by atoms with E-state index in [4.69, 9.17) is 4.42 Å². The van der Waals surface area contributed by atoms with E-state index < -0.39 is 0 Å². The second kappa shape index (κ2) is 7.40. The first kappa shape index (κ1) is 18.5. The van der Waals surface area contributed by atoms with Gasteiger partial charge in [-0.1, -0.05) is 36.4 Å². The van der Waals surface area contributed by atoms with E-state index in [9.17, 15) is 9.90 Å². The summed E-state index contributed by atoms with van der Waals surface area (Å²) in [6.07, 6.45) is 1.78. The molecule has 0 spiro atoms. The van der Waals surface area contributed by atoms with Crippen LogP contribution < -0.4 is 5.32 Å². The average molecular weight is 414 g/mol. The second-order valence-electron chi connectivity index (χ2n) is 7.05. The molecule has 2 aromatic carbocycles. The summed E-state index contributed by atoms with van der Waals surface area (Å²) >= 11 is 1.38. The Morgan fingerprint density at radius 2 is 2.00 bits per heavy atom. The number of anilines is 1. The number of carbonyl (C=O) groups is 1. The Morgan fingerprint density at radius 3 is 2.83 bits per heavy atom. The third-order valence-corrected chi connectivity index (χ3v) is 6.13. The van der Waals surface area contributed by atoms with E-state index in [1.54, 1.807) is 12.3 Å². The fourth-order valence-corrected chi connectivity index (χ4v) is 4.65. The van der Waals surface area contributed by atoms with Gasteiger partial charge >= 0.3 is 0 Å². The van der Waals surface area contributed by atoms with Gasteiger partial charge in [0.25, 0.3) is 5.91 Å². The Kier molecular flexibility index (Phi) is 4.58. The number of thiophene rings is 1. The summed E-state index contributed by atoms with van der Waals surface area (Å²) < 4.78 is 5.66. The zero-order valence-electron chi connectivity index (χ0n) is 16.2. The smallest absolute Gasteiger partial charge is 0.292 e. The largest absolute Gasteiger partial charge is 0.451 e. The summed E-state index contributed by atoms with van der Waals surface area (Å²) in [5.41, 5.74) is 5.23. The van der Waals surface area contributed by atoms with Gasteiger partial charge in [0.2, 0.25) is 0 Å². The number of fused-ring (bicyclic) bond motifs is 2. The van der Waals surface area contributed by atoms with Crippen molar-refractivity contribution in [2.45, 2.75) is 13.5 Å². The topological polar surface area (TPSA) is 75.4 Å². The molecule has 5 aromatic rings. The molecule has 0 unspecified atom stereocenters. The summed E-state index contributed by atoms with van der Waals surface area (Å²) in [7, 11) is 0. The Bertz CT molecular complexity index is 1370. The number of amides is 1. The van der Waals surface area contributed by atoms with E-state index in [1.165, 1.54) is 11.3 Å². The van der Waals surface area contributed by atoms with Crippen molar-refractivity contribution in [3.63, 3.8) is 0 Å². The van der Waals surface area contributed by atoms with Crippen molar-refractivity contribution in [3.8, 4) is 11.1 Å². The Morgan fingerprint density at radius 1 is 1.13 bits per heavy atom. The lowest BCUT2D eigenvalue weighted by Gasteiger charge is -2.10. The van der Waals surface area contributed by atoms with Crippen molar-refractivity contribution in [1.29, 1.82) is 0 Å². The van der Waals surface area contributed by atoms with Crippen LogP contribution in [0.25, 0.3) is 33.0 Å². The van der Waals surface area contributed by atoms with Crippen LogP contribution in [0.5, 0.6) is 0 Å². The Balaban J connectivity index is 1.53. The Hall–Kier alpha value is -3.48. The fourth-order valence-electron chi connectivity index (χ4n) is 3.68. The van der Waals surface area contributed by atoms with Crippen LogP contribution in [0, 0.1) is 6.92 Å². The molecule has 0 saturated heterocycles. The summed E-state index contributed by atoms with van der Waals surface area (Å²) in [6.45, 7) is 1.84. The first-order valence-corrected chi connectivity index (χ1v) is 10.4. The molecule has 0 atom stereocenters. The first-order chi connectivity index (χ1) is 14.7. The molecule has 3 aromatic heterocycles. The predicted octanol–water partition coefficient (Wildman–Crippen LogP) is 5.76. The molecule has 0 fully saturated rings. The minimum Gasteiger partial charge on any atom is -0.451 e. The lowest BCUT2D eigenvalue weighted by atomic mass is 9.97. The van der Waals surface area contributed by atoms with Crippen molar-refractivity contribution >= 4 is 44.1 Å². The van der Waals surface area contributed by atoms with Gasteiger partial charge in [-0.05, 0) is 36.2 Å². The molecule has 0 saturated carbocycles. The number of benzene rings is 2. The fraction of sp³-hybridized carbons (Fsp3) is 0.0833. The van der Waals surface area contributed by atoms with Gasteiger partial charge in [-0.15, -0.1) is 11.3 Å². The highest BCUT2D eigenvalue weighted by atomic mass is 32.1. The number of aliphatic hydroxyl groups is 1. The van der Waals surface area contributed by atoms with Crippen LogP contribution in [0.1, 0.15) is 21.7 Å². The zero-order chi connectivity index (χ0) is 20.7. The first-order valence-electron chi connectivity index (χ1n) is 9.51. The number of carbonyl (C=O) groups excluding carboxylic acids is 1. The quantitative estimate of drug-likeness (QED) is 0.392. The molecule has 5 nitrogen and oxygen atoms in total. The molecule has 3 heterocycles. The van der Waals surface area contributed by atoms with Crippen molar-refractivity contribution in [2.24, 2.45) is 0 Å². The molecular weight excluding hydrogens is 396 g/mol. The monoisotopic (exact) mass is 414 g/mol. The van der Waals surface area contributed by atoms with Crippen LogP contribution in [0.15, 0.2) is 70.6 Å². The summed E-state index contributed by atoms with van der Waals surface area (Å²) in [5.74, 6) is -0.107. The number of hydrogen-bond donors (Lipinski definition) is 2. The highest BCUT2D eigenvalue weighted by Gasteiger charge is 2.19. The number of aryl methyl sites for hydroxylation is 1. The van der Waals surface area contributed by atoms with Gasteiger partial charge in [0.15, 0.2) is 5.76 Å². The van der Waals surface area contributed by atoms with Crippen LogP contribution in [0.3, 0.4) is 0 Å². The molecule has 0 aliphatic rings. The molecule has 148 valence electrons. The molecule has 0 bridgehead atoms. The highest BCUT2D eigenvalue weighted by molar-refractivity contribution is 7.15. The summed E-state index contributed by atoms with van der Waals surface area (Å²) in [5, 5.41) is 17.4. The maximum absolute atomic E-state index is 12.8. The molecule has 1 amide bonds. The number of aromatic nitrogens is 1. The zero-order valence-corrected chi connectivity index (χ0v) is 17.0. The number of pyridine rings is 1. The van der Waals surface area contributed by atoms with E-state index in [1.807, 2.05) is 60.8 Å². The number of para-hydroxylation sites is 1. The van der Waals surface area contributed by atoms with Crippen LogP contribution >= 0.6 is 11.3 Å². The van der Waals surface area contributed by atoms with Gasteiger partial charge in [-0.2, -0.15) is 0 Å². The third-order valence-electron chi connectivity index (χ3n) is 5.19. The van der Waals surface area contributed by atoms with Crippen molar-refractivity contribution < 1.29 is 14.3 Å². The van der Waals surface area contributed by atoms with Gasteiger partial charge < -0.3 is 14.8 Å². The molecule has 0 aliphatic heterocycles. The van der Waals surface area contributed by atoms with Gasteiger partial charge in [-0.25, -0.2) is 0 Å². The third kappa shape index (κ3) is 3.07. The van der Waals surface area contributed by atoms with E-state index in [-0.39, 0.29) is 18.3 Å². The van der Waals surface area contributed by atoms with Crippen LogP contribution in [-0.2, 0) is 6.61 Å². The van der Waals surface area contributed by atoms with Crippen LogP contribution in [0.4, 0.5) is 5.00 Å². The standard InChI is InChI=1S/C24H18N2O3S/c1-14-8-9-16(17-6-4-10-25-22(14)17)19-13-30-24(18(19)12-27)26-23(28)21-11-15-5-2-3-7-20(15)29-21/h2-11,13,27H,12H2,1H3,(H,26,28).